The van der Waals surface area contributed by atoms with Crippen LogP contribution in [0.15, 0.2) is 70.0 Å². The van der Waals surface area contributed by atoms with Gasteiger partial charge in [0.05, 0.1) is 4.90 Å². The molecule has 0 atom stereocenters. The number of furan rings is 1. The van der Waals surface area contributed by atoms with Crippen molar-refractivity contribution in [2.24, 2.45) is 5.73 Å². The summed E-state index contributed by atoms with van der Waals surface area (Å²) < 4.78 is 30.2. The molecule has 0 fully saturated rings. The molecule has 3 aromatic rings. The number of benzene rings is 2. The minimum Gasteiger partial charge on any atom is -0.455 e. The van der Waals surface area contributed by atoms with Crippen molar-refractivity contribution in [1.82, 2.24) is 0 Å². The number of carbonyl (C=O) groups is 2. The molecule has 144 valence electrons. The van der Waals surface area contributed by atoms with Crippen LogP contribution in [-0.4, -0.2) is 20.2 Å². The molecule has 7 nitrogen and oxygen atoms in total. The van der Waals surface area contributed by atoms with Crippen LogP contribution in [0.3, 0.4) is 0 Å². The maximum atomic E-state index is 12.4. The van der Waals surface area contributed by atoms with Crippen molar-refractivity contribution in [1.29, 1.82) is 0 Å². The second-order valence-electron chi connectivity index (χ2n) is 6.13. The summed E-state index contributed by atoms with van der Waals surface area (Å²) in [6.07, 6.45) is 0. The lowest BCUT2D eigenvalue weighted by Gasteiger charge is -2.09. The zero-order valence-electron chi connectivity index (χ0n) is 15.0. The number of anilines is 1. The Kier molecular flexibility index (Phi) is 5.32. The molecule has 3 N–H and O–H groups in total. The minimum atomic E-state index is -3.58. The molecule has 0 saturated heterocycles. The van der Waals surface area contributed by atoms with Crippen LogP contribution < -0.4 is 11.1 Å². The van der Waals surface area contributed by atoms with Crippen molar-refractivity contribution in [3.05, 3.63) is 83.3 Å². The number of carbonyl (C=O) groups excluding carboxylic acids is 2. The molecule has 2 aromatic carbocycles. The van der Waals surface area contributed by atoms with Crippen molar-refractivity contribution in [3.8, 4) is 0 Å². The van der Waals surface area contributed by atoms with Crippen LogP contribution in [-0.2, 0) is 15.6 Å². The Labute approximate surface area is 162 Å². The fourth-order valence-corrected chi connectivity index (χ4v) is 3.97. The number of hydrogen-bond donors (Lipinski definition) is 2. The summed E-state index contributed by atoms with van der Waals surface area (Å²) in [5.41, 5.74) is 6.55. The summed E-state index contributed by atoms with van der Waals surface area (Å²) in [5.74, 6) is -1.41. The maximum Gasteiger partial charge on any atom is 0.291 e. The summed E-state index contributed by atoms with van der Waals surface area (Å²) in [7, 11) is -3.58. The van der Waals surface area contributed by atoms with E-state index >= 15 is 0 Å². The molecular weight excluding hydrogens is 380 g/mol. The first-order chi connectivity index (χ1) is 13.3. The van der Waals surface area contributed by atoms with E-state index in [2.05, 4.69) is 5.32 Å². The van der Waals surface area contributed by atoms with Gasteiger partial charge in [0.2, 0.25) is 5.91 Å². The minimum absolute atomic E-state index is 0.0397. The maximum absolute atomic E-state index is 12.4. The highest BCUT2D eigenvalue weighted by molar-refractivity contribution is 7.90. The third kappa shape index (κ3) is 4.12. The Morgan fingerprint density at radius 1 is 1.00 bits per heavy atom. The van der Waals surface area contributed by atoms with E-state index in [0.717, 1.165) is 0 Å². The van der Waals surface area contributed by atoms with Crippen molar-refractivity contribution >= 4 is 27.3 Å². The largest absolute Gasteiger partial charge is 0.455 e. The molecule has 8 heteroatoms. The lowest BCUT2D eigenvalue weighted by molar-refractivity contribution is 0.0987. The second kappa shape index (κ2) is 7.69. The number of nitrogens with one attached hydrogen (secondary N) is 1. The van der Waals surface area contributed by atoms with Gasteiger partial charge in [0.15, 0.2) is 15.6 Å². The Hall–Kier alpha value is -3.39. The van der Waals surface area contributed by atoms with E-state index in [1.54, 1.807) is 43.3 Å². The van der Waals surface area contributed by atoms with Gasteiger partial charge in [-0.05, 0) is 48.9 Å². The summed E-state index contributed by atoms with van der Waals surface area (Å²) in [4.78, 5) is 24.0. The van der Waals surface area contributed by atoms with Gasteiger partial charge >= 0.3 is 0 Å². The number of sulfone groups is 1. The van der Waals surface area contributed by atoms with E-state index in [0.29, 0.717) is 16.8 Å². The molecule has 28 heavy (non-hydrogen) atoms. The van der Waals surface area contributed by atoms with Crippen LogP contribution in [0.4, 0.5) is 5.69 Å². The van der Waals surface area contributed by atoms with Crippen LogP contribution in [0.1, 0.15) is 32.2 Å². The fourth-order valence-electron chi connectivity index (χ4n) is 2.70. The molecular formula is C20H18N2O5S. The van der Waals surface area contributed by atoms with Gasteiger partial charge in [0, 0.05) is 11.3 Å². The number of nitrogens with two attached hydrogens (primary N) is 1. The number of primary amides is 1. The normalized spacial score (nSPS) is 11.2. The van der Waals surface area contributed by atoms with Gasteiger partial charge in [-0.3, -0.25) is 9.59 Å². The third-order valence-electron chi connectivity index (χ3n) is 4.17. The van der Waals surface area contributed by atoms with Gasteiger partial charge in [-0.15, -0.1) is 0 Å². The van der Waals surface area contributed by atoms with Crippen LogP contribution >= 0.6 is 0 Å². The SMILES string of the molecule is Cc1c(NC(=O)c2ccc(CS(=O)(=O)c3ccccc3)o2)cccc1C(N)=O. The predicted molar refractivity (Wildman–Crippen MR) is 104 cm³/mol. The molecule has 0 saturated carbocycles. The van der Waals surface area contributed by atoms with E-state index in [4.69, 9.17) is 10.2 Å². The smallest absolute Gasteiger partial charge is 0.291 e. The molecule has 0 aliphatic heterocycles. The van der Waals surface area contributed by atoms with E-state index in [9.17, 15) is 18.0 Å². The van der Waals surface area contributed by atoms with Gasteiger partial charge in [-0.25, -0.2) is 8.42 Å². The van der Waals surface area contributed by atoms with Gasteiger partial charge in [-0.2, -0.15) is 0 Å². The molecule has 1 aromatic heterocycles. The van der Waals surface area contributed by atoms with Gasteiger partial charge in [0.1, 0.15) is 11.5 Å². The summed E-state index contributed by atoms with van der Waals surface area (Å²) >= 11 is 0. The van der Waals surface area contributed by atoms with E-state index in [1.165, 1.54) is 24.3 Å². The first-order valence-electron chi connectivity index (χ1n) is 8.35. The monoisotopic (exact) mass is 398 g/mol. The lowest BCUT2D eigenvalue weighted by Crippen LogP contribution is -2.16. The molecule has 3 rings (SSSR count). The number of hydrogen-bond acceptors (Lipinski definition) is 5. The van der Waals surface area contributed by atoms with E-state index < -0.39 is 21.7 Å². The zero-order valence-corrected chi connectivity index (χ0v) is 15.8. The molecule has 1 heterocycles. The highest BCUT2D eigenvalue weighted by Gasteiger charge is 2.20. The first kappa shape index (κ1) is 19.4. The number of rotatable bonds is 6. The van der Waals surface area contributed by atoms with Crippen molar-refractivity contribution < 1.29 is 22.4 Å². The molecule has 0 spiro atoms. The Bertz CT molecular complexity index is 1130. The summed E-state index contributed by atoms with van der Waals surface area (Å²) in [5, 5.41) is 2.64. The second-order valence-corrected chi connectivity index (χ2v) is 8.12. The van der Waals surface area contributed by atoms with Crippen molar-refractivity contribution in [2.45, 2.75) is 17.6 Å². The highest BCUT2D eigenvalue weighted by Crippen LogP contribution is 2.21. The van der Waals surface area contributed by atoms with Crippen molar-refractivity contribution in [2.75, 3.05) is 5.32 Å². The van der Waals surface area contributed by atoms with E-state index in [1.807, 2.05) is 0 Å². The molecule has 0 unspecified atom stereocenters. The Morgan fingerprint density at radius 2 is 1.71 bits per heavy atom. The van der Waals surface area contributed by atoms with Gasteiger partial charge in [0.25, 0.3) is 5.91 Å². The molecule has 0 bridgehead atoms. The third-order valence-corrected chi connectivity index (χ3v) is 5.82. The fraction of sp³-hybridized carbons (Fsp3) is 0.100. The standard InChI is InChI=1S/C20H18N2O5S/c1-13-16(19(21)23)8-5-9-17(13)22-20(24)18-11-10-14(27-18)12-28(25,26)15-6-3-2-4-7-15/h2-11H,12H2,1H3,(H2,21,23)(H,22,24). The van der Waals surface area contributed by atoms with Gasteiger partial charge < -0.3 is 15.5 Å². The highest BCUT2D eigenvalue weighted by atomic mass is 32.2. The quantitative estimate of drug-likeness (QED) is 0.662. The lowest BCUT2D eigenvalue weighted by atomic mass is 10.1. The summed E-state index contributed by atoms with van der Waals surface area (Å²) in [6.45, 7) is 1.66. The molecule has 0 radical (unpaired) electrons. The van der Waals surface area contributed by atoms with E-state index in [-0.39, 0.29) is 22.2 Å². The average molecular weight is 398 g/mol. The Morgan fingerprint density at radius 3 is 2.39 bits per heavy atom. The van der Waals surface area contributed by atoms with Gasteiger partial charge in [-0.1, -0.05) is 24.3 Å². The predicted octanol–water partition coefficient (Wildman–Crippen LogP) is 2.91. The zero-order chi connectivity index (χ0) is 20.3. The summed E-state index contributed by atoms with van der Waals surface area (Å²) in [6, 6.07) is 15.6. The average Bonchev–Trinajstić information content (AvgIpc) is 3.12. The molecule has 0 aliphatic rings. The van der Waals surface area contributed by atoms with Crippen LogP contribution in [0.2, 0.25) is 0 Å². The van der Waals surface area contributed by atoms with Crippen LogP contribution in [0, 0.1) is 6.92 Å². The van der Waals surface area contributed by atoms with Crippen LogP contribution in [0.25, 0.3) is 0 Å². The molecule has 2 amide bonds. The first-order valence-corrected chi connectivity index (χ1v) is 10.0. The number of amides is 2. The topological polar surface area (TPSA) is 119 Å². The van der Waals surface area contributed by atoms with Crippen molar-refractivity contribution in [3.63, 3.8) is 0 Å². The Balaban J connectivity index is 1.77. The van der Waals surface area contributed by atoms with Crippen LogP contribution in [0.5, 0.6) is 0 Å². The molecule has 0 aliphatic carbocycles.